The lowest BCUT2D eigenvalue weighted by atomic mass is 10.2. The van der Waals surface area contributed by atoms with Gasteiger partial charge in [-0.3, -0.25) is 10.1 Å². The molecule has 5 heteroatoms. The number of imide groups is 1. The van der Waals surface area contributed by atoms with Gasteiger partial charge in [-0.15, -0.1) is 0 Å². The largest absolute Gasteiger partial charge is 0.324 e. The molecular weight excluding hydrogens is 200 g/mol. The van der Waals surface area contributed by atoms with Crippen LogP contribution in [-0.2, 0) is 4.79 Å². The van der Waals surface area contributed by atoms with Crippen LogP contribution < -0.4 is 5.32 Å². The lowest BCUT2D eigenvalue weighted by Gasteiger charge is -2.11. The quantitative estimate of drug-likeness (QED) is 0.534. The van der Waals surface area contributed by atoms with Gasteiger partial charge in [0.2, 0.25) is 5.91 Å². The topological polar surface area (TPSA) is 49.4 Å². The van der Waals surface area contributed by atoms with E-state index in [0.717, 1.165) is 12.8 Å². The molecular formula is C9H16N2O2S. The van der Waals surface area contributed by atoms with Crippen molar-refractivity contribution in [1.29, 1.82) is 0 Å². The summed E-state index contributed by atoms with van der Waals surface area (Å²) in [4.78, 5) is 23.5. The Hall–Kier alpha value is -0.710. The molecule has 0 spiro atoms. The van der Waals surface area contributed by atoms with Gasteiger partial charge in [0.25, 0.3) is 0 Å². The third-order valence-electron chi connectivity index (χ3n) is 2.14. The fourth-order valence-corrected chi connectivity index (χ4v) is 1.88. The molecule has 1 rings (SSSR count). The zero-order chi connectivity index (χ0) is 10.4. The molecule has 0 radical (unpaired) electrons. The van der Waals surface area contributed by atoms with Crippen LogP contribution in [0.3, 0.4) is 0 Å². The van der Waals surface area contributed by atoms with Crippen LogP contribution in [-0.4, -0.2) is 41.9 Å². The van der Waals surface area contributed by atoms with Gasteiger partial charge in [0, 0.05) is 6.54 Å². The maximum absolute atomic E-state index is 11.1. The maximum Gasteiger partial charge on any atom is 0.324 e. The molecule has 0 saturated carbocycles. The fourth-order valence-electron chi connectivity index (χ4n) is 1.39. The number of urea groups is 1. The first-order chi connectivity index (χ1) is 6.74. The molecule has 1 fully saturated rings. The molecule has 80 valence electrons. The summed E-state index contributed by atoms with van der Waals surface area (Å²) >= 11 is 1.84. The van der Waals surface area contributed by atoms with Crippen LogP contribution in [0.4, 0.5) is 4.79 Å². The molecule has 0 atom stereocenters. The molecule has 0 unspecified atom stereocenters. The van der Waals surface area contributed by atoms with Gasteiger partial charge in [-0.1, -0.05) is 6.42 Å². The highest BCUT2D eigenvalue weighted by Crippen LogP contribution is 2.05. The highest BCUT2D eigenvalue weighted by Gasteiger charge is 2.25. The van der Waals surface area contributed by atoms with Crippen molar-refractivity contribution >= 4 is 23.7 Å². The van der Waals surface area contributed by atoms with E-state index in [4.69, 9.17) is 0 Å². The van der Waals surface area contributed by atoms with Crippen LogP contribution in [0.15, 0.2) is 0 Å². The highest BCUT2D eigenvalue weighted by molar-refractivity contribution is 7.98. The molecule has 1 aliphatic heterocycles. The van der Waals surface area contributed by atoms with Crippen molar-refractivity contribution in [3.05, 3.63) is 0 Å². The highest BCUT2D eigenvalue weighted by atomic mass is 32.2. The number of hydrogen-bond donors (Lipinski definition) is 1. The predicted molar refractivity (Wildman–Crippen MR) is 57.3 cm³/mol. The first-order valence-electron chi connectivity index (χ1n) is 4.81. The third kappa shape index (κ3) is 3.57. The molecule has 1 saturated heterocycles. The number of unbranched alkanes of at least 4 members (excludes halogenated alkanes) is 2. The van der Waals surface area contributed by atoms with E-state index in [2.05, 4.69) is 11.6 Å². The molecule has 0 aromatic carbocycles. The van der Waals surface area contributed by atoms with Crippen LogP contribution in [0.5, 0.6) is 0 Å². The van der Waals surface area contributed by atoms with Crippen molar-refractivity contribution in [1.82, 2.24) is 10.2 Å². The Labute approximate surface area is 88.4 Å². The summed E-state index contributed by atoms with van der Waals surface area (Å²) in [5, 5.41) is 2.26. The zero-order valence-corrected chi connectivity index (χ0v) is 9.23. The van der Waals surface area contributed by atoms with Crippen molar-refractivity contribution < 1.29 is 9.59 Å². The second-order valence-electron chi connectivity index (χ2n) is 3.33. The number of amides is 3. The average molecular weight is 216 g/mol. The maximum atomic E-state index is 11.1. The zero-order valence-electron chi connectivity index (χ0n) is 8.41. The molecule has 1 heterocycles. The number of rotatable bonds is 6. The van der Waals surface area contributed by atoms with Crippen LogP contribution >= 0.6 is 11.8 Å². The van der Waals surface area contributed by atoms with Gasteiger partial charge in [-0.05, 0) is 24.9 Å². The van der Waals surface area contributed by atoms with Gasteiger partial charge in [-0.2, -0.15) is 11.8 Å². The molecule has 0 bridgehead atoms. The van der Waals surface area contributed by atoms with Crippen LogP contribution in [0.25, 0.3) is 0 Å². The molecule has 1 aliphatic rings. The van der Waals surface area contributed by atoms with Crippen LogP contribution in [0, 0.1) is 0 Å². The number of thioether (sulfide) groups is 1. The Bertz CT molecular complexity index is 221. The Kier molecular flexibility index (Phi) is 4.79. The Morgan fingerprint density at radius 3 is 2.71 bits per heavy atom. The molecule has 0 aromatic heterocycles. The standard InChI is InChI=1S/C9H16N2O2S/c1-14-6-4-2-3-5-11-7-8(12)10-9(11)13/h2-7H2,1H3,(H,10,12,13). The van der Waals surface area contributed by atoms with E-state index < -0.39 is 0 Å². The van der Waals surface area contributed by atoms with Crippen molar-refractivity contribution in [2.45, 2.75) is 19.3 Å². The van der Waals surface area contributed by atoms with E-state index in [1.54, 1.807) is 4.90 Å². The Morgan fingerprint density at radius 1 is 1.36 bits per heavy atom. The molecule has 0 aliphatic carbocycles. The summed E-state index contributed by atoms with van der Waals surface area (Å²) in [7, 11) is 0. The monoisotopic (exact) mass is 216 g/mol. The predicted octanol–water partition coefficient (Wildman–Crippen LogP) is 1.07. The summed E-state index contributed by atoms with van der Waals surface area (Å²) in [5.74, 6) is 0.990. The van der Waals surface area contributed by atoms with E-state index in [0.29, 0.717) is 6.54 Å². The van der Waals surface area contributed by atoms with Crippen molar-refractivity contribution in [2.75, 3.05) is 25.1 Å². The molecule has 3 amide bonds. The Balaban J connectivity index is 2.07. The lowest BCUT2D eigenvalue weighted by Crippen LogP contribution is -2.29. The third-order valence-corrected chi connectivity index (χ3v) is 2.84. The lowest BCUT2D eigenvalue weighted by molar-refractivity contribution is -0.118. The smallest absolute Gasteiger partial charge is 0.315 e. The average Bonchev–Trinajstić information content (AvgIpc) is 2.45. The SMILES string of the molecule is CSCCCCCN1CC(=O)NC1=O. The van der Waals surface area contributed by atoms with Gasteiger partial charge in [-0.25, -0.2) is 4.79 Å². The summed E-state index contributed by atoms with van der Waals surface area (Å²) in [6.07, 6.45) is 5.39. The Morgan fingerprint density at radius 2 is 2.14 bits per heavy atom. The van der Waals surface area contributed by atoms with E-state index in [-0.39, 0.29) is 18.5 Å². The number of carbonyl (C=O) groups excluding carboxylic acids is 2. The summed E-state index contributed by atoms with van der Waals surface area (Å²) < 4.78 is 0. The summed E-state index contributed by atoms with van der Waals surface area (Å²) in [5.41, 5.74) is 0. The number of hydrogen-bond acceptors (Lipinski definition) is 3. The van der Waals surface area contributed by atoms with Crippen molar-refractivity contribution in [2.24, 2.45) is 0 Å². The minimum Gasteiger partial charge on any atom is -0.315 e. The van der Waals surface area contributed by atoms with Crippen molar-refractivity contribution in [3.8, 4) is 0 Å². The minimum absolute atomic E-state index is 0.181. The summed E-state index contributed by atoms with van der Waals surface area (Å²) in [6, 6.07) is -0.236. The summed E-state index contributed by atoms with van der Waals surface area (Å²) in [6.45, 7) is 0.938. The van der Waals surface area contributed by atoms with Gasteiger partial charge < -0.3 is 4.90 Å². The normalized spacial score (nSPS) is 16.2. The van der Waals surface area contributed by atoms with Gasteiger partial charge in [0.1, 0.15) is 6.54 Å². The van der Waals surface area contributed by atoms with Gasteiger partial charge in [0.15, 0.2) is 0 Å². The van der Waals surface area contributed by atoms with E-state index in [1.165, 1.54) is 12.2 Å². The van der Waals surface area contributed by atoms with Gasteiger partial charge in [0.05, 0.1) is 0 Å². The first-order valence-corrected chi connectivity index (χ1v) is 6.21. The first kappa shape index (κ1) is 11.4. The van der Waals surface area contributed by atoms with E-state index in [9.17, 15) is 9.59 Å². The minimum atomic E-state index is -0.236. The molecule has 14 heavy (non-hydrogen) atoms. The van der Waals surface area contributed by atoms with E-state index in [1.807, 2.05) is 11.8 Å². The molecule has 1 N–H and O–H groups in total. The number of nitrogens with one attached hydrogen (secondary N) is 1. The molecule has 0 aromatic rings. The van der Waals surface area contributed by atoms with E-state index >= 15 is 0 Å². The van der Waals surface area contributed by atoms with Gasteiger partial charge >= 0.3 is 6.03 Å². The second-order valence-corrected chi connectivity index (χ2v) is 4.31. The number of nitrogens with zero attached hydrogens (tertiary/aromatic N) is 1. The molecule has 4 nitrogen and oxygen atoms in total. The van der Waals surface area contributed by atoms with Crippen LogP contribution in [0.1, 0.15) is 19.3 Å². The second kappa shape index (κ2) is 5.90. The fraction of sp³-hybridized carbons (Fsp3) is 0.778. The van der Waals surface area contributed by atoms with Crippen molar-refractivity contribution in [3.63, 3.8) is 0 Å². The van der Waals surface area contributed by atoms with Crippen LogP contribution in [0.2, 0.25) is 0 Å². The number of carbonyl (C=O) groups is 2.